The zero-order chi connectivity index (χ0) is 10.9. The first kappa shape index (κ1) is 14.2. The summed E-state index contributed by atoms with van der Waals surface area (Å²) in [7, 11) is 0. The van der Waals surface area contributed by atoms with Crippen LogP contribution in [0.2, 0.25) is 0 Å². The third kappa shape index (κ3) is 6.66. The fourth-order valence-electron chi connectivity index (χ4n) is 0.721. The standard InChI is InChI=1S/C9H21AsO4/c1-4-7-12-10(11,13-8-5-2)14-9-6-3/h4-9H2,1-3H3. The van der Waals surface area contributed by atoms with Crippen molar-refractivity contribution in [1.82, 2.24) is 0 Å². The van der Waals surface area contributed by atoms with Crippen molar-refractivity contribution in [3.63, 3.8) is 0 Å². The Morgan fingerprint density at radius 2 is 1.07 bits per heavy atom. The van der Waals surface area contributed by atoms with Crippen LogP contribution >= 0.6 is 0 Å². The second-order valence-electron chi connectivity index (χ2n) is 2.95. The van der Waals surface area contributed by atoms with Gasteiger partial charge in [-0.25, -0.2) is 0 Å². The van der Waals surface area contributed by atoms with E-state index in [1.165, 1.54) is 0 Å². The van der Waals surface area contributed by atoms with Gasteiger partial charge in [-0.2, -0.15) is 0 Å². The molecule has 0 spiro atoms. The van der Waals surface area contributed by atoms with Crippen molar-refractivity contribution < 1.29 is 14.9 Å². The molecule has 0 fully saturated rings. The summed E-state index contributed by atoms with van der Waals surface area (Å²) in [4.78, 5) is 0. The Morgan fingerprint density at radius 1 is 0.786 bits per heavy atom. The van der Waals surface area contributed by atoms with Gasteiger partial charge in [-0.3, -0.25) is 0 Å². The Bertz CT molecular complexity index is 144. The van der Waals surface area contributed by atoms with E-state index >= 15 is 0 Å². The summed E-state index contributed by atoms with van der Waals surface area (Å²) in [5, 5.41) is 0. The third-order valence-electron chi connectivity index (χ3n) is 1.36. The summed E-state index contributed by atoms with van der Waals surface area (Å²) >= 11 is -3.91. The van der Waals surface area contributed by atoms with Crippen LogP contribution in [-0.2, 0) is 14.9 Å². The molecule has 86 valence electrons. The van der Waals surface area contributed by atoms with Crippen LogP contribution in [0, 0.1) is 0 Å². The van der Waals surface area contributed by atoms with Crippen molar-refractivity contribution in [2.24, 2.45) is 0 Å². The SMILES string of the molecule is CCCO[As](=O)(OCCC)OCCC. The maximum absolute atomic E-state index is 11.9. The van der Waals surface area contributed by atoms with Crippen molar-refractivity contribution in [3.8, 4) is 0 Å². The van der Waals surface area contributed by atoms with Gasteiger partial charge in [-0.15, -0.1) is 0 Å². The Labute approximate surface area is 89.7 Å². The maximum atomic E-state index is 11.9. The Morgan fingerprint density at radius 3 is 1.29 bits per heavy atom. The molecule has 0 bridgehead atoms. The van der Waals surface area contributed by atoms with Crippen molar-refractivity contribution >= 4 is 14.5 Å². The predicted molar refractivity (Wildman–Crippen MR) is 55.2 cm³/mol. The van der Waals surface area contributed by atoms with E-state index in [9.17, 15) is 3.74 Å². The molecule has 0 aliphatic heterocycles. The summed E-state index contributed by atoms with van der Waals surface area (Å²) in [6, 6.07) is 0. The Kier molecular flexibility index (Phi) is 8.68. The van der Waals surface area contributed by atoms with Crippen LogP contribution in [0.3, 0.4) is 0 Å². The van der Waals surface area contributed by atoms with E-state index in [1.54, 1.807) is 0 Å². The summed E-state index contributed by atoms with van der Waals surface area (Å²) in [5.74, 6) is 0. The van der Waals surface area contributed by atoms with Crippen LogP contribution < -0.4 is 0 Å². The minimum absolute atomic E-state index is 0.434. The summed E-state index contributed by atoms with van der Waals surface area (Å²) < 4.78 is 27.3. The van der Waals surface area contributed by atoms with Gasteiger partial charge in [0.2, 0.25) is 0 Å². The van der Waals surface area contributed by atoms with Gasteiger partial charge >= 0.3 is 89.3 Å². The van der Waals surface area contributed by atoms with E-state index < -0.39 is 14.5 Å². The molecule has 0 atom stereocenters. The second-order valence-corrected chi connectivity index (χ2v) is 6.45. The minimum atomic E-state index is -3.91. The first-order valence-electron chi connectivity index (χ1n) is 5.22. The molecule has 0 aromatic rings. The summed E-state index contributed by atoms with van der Waals surface area (Å²) in [6.45, 7) is 7.18. The third-order valence-corrected chi connectivity index (χ3v) is 4.50. The molecule has 14 heavy (non-hydrogen) atoms. The zero-order valence-corrected chi connectivity index (χ0v) is 11.2. The molecule has 0 aromatic heterocycles. The molecule has 0 amide bonds. The second kappa shape index (κ2) is 8.54. The fraction of sp³-hybridized carbons (Fsp3) is 1.00. The number of hydrogen-bond donors (Lipinski definition) is 0. The average Bonchev–Trinajstić information content (AvgIpc) is 2.21. The van der Waals surface area contributed by atoms with E-state index in [1.807, 2.05) is 20.8 Å². The first-order chi connectivity index (χ1) is 6.68. The van der Waals surface area contributed by atoms with Gasteiger partial charge in [0.25, 0.3) is 0 Å². The molecule has 0 radical (unpaired) electrons. The van der Waals surface area contributed by atoms with Crippen molar-refractivity contribution in [1.29, 1.82) is 0 Å². The van der Waals surface area contributed by atoms with Crippen molar-refractivity contribution in [2.45, 2.75) is 40.0 Å². The molecule has 0 saturated heterocycles. The number of hydrogen-bond acceptors (Lipinski definition) is 4. The van der Waals surface area contributed by atoms with E-state index in [4.69, 9.17) is 11.2 Å². The molecule has 4 nitrogen and oxygen atoms in total. The van der Waals surface area contributed by atoms with Crippen LogP contribution in [0.1, 0.15) is 40.0 Å². The Hall–Kier alpha value is 0.238. The van der Waals surface area contributed by atoms with Crippen LogP contribution in [0.25, 0.3) is 0 Å². The summed E-state index contributed by atoms with van der Waals surface area (Å²) in [6.07, 6.45) is 2.45. The van der Waals surface area contributed by atoms with Gasteiger partial charge in [0.05, 0.1) is 0 Å². The van der Waals surface area contributed by atoms with E-state index in [2.05, 4.69) is 0 Å². The first-order valence-corrected chi connectivity index (χ1v) is 8.28. The molecular formula is C9H21AsO4. The van der Waals surface area contributed by atoms with E-state index in [-0.39, 0.29) is 0 Å². The van der Waals surface area contributed by atoms with Gasteiger partial charge in [0.15, 0.2) is 0 Å². The normalized spacial score (nSPS) is 11.9. The Balaban J connectivity index is 3.97. The quantitative estimate of drug-likeness (QED) is 0.601. The molecule has 0 rings (SSSR count). The molecule has 0 N–H and O–H groups in total. The van der Waals surface area contributed by atoms with Gasteiger partial charge in [-0.1, -0.05) is 0 Å². The van der Waals surface area contributed by atoms with Gasteiger partial charge in [0, 0.05) is 0 Å². The molecule has 5 heteroatoms. The van der Waals surface area contributed by atoms with Gasteiger partial charge < -0.3 is 0 Å². The van der Waals surface area contributed by atoms with E-state index in [0.717, 1.165) is 19.3 Å². The molecule has 0 heterocycles. The molecular weight excluding hydrogens is 247 g/mol. The summed E-state index contributed by atoms with van der Waals surface area (Å²) in [5.41, 5.74) is 0. The molecule has 0 aliphatic carbocycles. The van der Waals surface area contributed by atoms with Crippen LogP contribution in [-0.4, -0.2) is 34.3 Å². The van der Waals surface area contributed by atoms with Crippen LogP contribution in [0.5, 0.6) is 0 Å². The van der Waals surface area contributed by atoms with Crippen molar-refractivity contribution in [2.75, 3.05) is 19.8 Å². The van der Waals surface area contributed by atoms with Crippen molar-refractivity contribution in [3.05, 3.63) is 0 Å². The zero-order valence-electron chi connectivity index (χ0n) is 9.32. The monoisotopic (exact) mass is 268 g/mol. The number of rotatable bonds is 9. The average molecular weight is 268 g/mol. The van der Waals surface area contributed by atoms with Gasteiger partial charge in [0.1, 0.15) is 0 Å². The van der Waals surface area contributed by atoms with Crippen LogP contribution in [0.15, 0.2) is 0 Å². The molecule has 0 aromatic carbocycles. The fourth-order valence-corrected chi connectivity index (χ4v) is 3.75. The van der Waals surface area contributed by atoms with E-state index in [0.29, 0.717) is 19.8 Å². The van der Waals surface area contributed by atoms with Gasteiger partial charge in [-0.05, 0) is 0 Å². The van der Waals surface area contributed by atoms with Crippen LogP contribution in [0.4, 0.5) is 0 Å². The molecule has 0 saturated carbocycles. The predicted octanol–water partition coefficient (Wildman–Crippen LogP) is 2.13. The molecule has 0 unspecified atom stereocenters. The topological polar surface area (TPSA) is 44.8 Å². The molecule has 0 aliphatic rings.